The Hall–Kier alpha value is -8.72. The zero-order valence-corrected chi connectivity index (χ0v) is 38.6. The summed E-state index contributed by atoms with van der Waals surface area (Å²) in [5.41, 5.74) is 21.9. The number of fused-ring (bicyclic) bond motifs is 7. The molecule has 1 heterocycles. The molecule has 0 aliphatic heterocycles. The summed E-state index contributed by atoms with van der Waals surface area (Å²) in [5, 5.41) is 5.04. The molecule has 0 N–H and O–H groups in total. The monoisotopic (exact) mass is 880 g/mol. The van der Waals surface area contributed by atoms with Gasteiger partial charge < -0.3 is 9.47 Å². The maximum atomic E-state index is 2.41. The molecule has 0 bridgehead atoms. The molecule has 11 aromatic carbocycles. The Balaban J connectivity index is 0.853. The van der Waals surface area contributed by atoms with Crippen molar-refractivity contribution in [3.63, 3.8) is 0 Å². The van der Waals surface area contributed by atoms with Crippen LogP contribution in [0, 0.1) is 0 Å². The van der Waals surface area contributed by atoms with Gasteiger partial charge in [-0.05, 0) is 127 Å². The lowest BCUT2D eigenvalue weighted by atomic mass is 9.79. The second kappa shape index (κ2) is 16.3. The molecule has 0 unspecified atom stereocenters. The van der Waals surface area contributed by atoms with Crippen LogP contribution in [0.15, 0.2) is 255 Å². The fourth-order valence-electron chi connectivity index (χ4n) is 11.3. The minimum atomic E-state index is -0.0981. The average molecular weight is 881 g/mol. The Morgan fingerprint density at radius 2 is 0.710 bits per heavy atom. The lowest BCUT2D eigenvalue weighted by Gasteiger charge is -2.27. The van der Waals surface area contributed by atoms with Crippen LogP contribution < -0.4 is 4.90 Å². The van der Waals surface area contributed by atoms with Crippen molar-refractivity contribution in [2.24, 2.45) is 0 Å². The molecule has 1 aromatic heterocycles. The van der Waals surface area contributed by atoms with Gasteiger partial charge >= 0.3 is 0 Å². The van der Waals surface area contributed by atoms with E-state index in [0.29, 0.717) is 0 Å². The zero-order chi connectivity index (χ0) is 46.1. The van der Waals surface area contributed by atoms with Crippen molar-refractivity contribution in [2.75, 3.05) is 4.90 Å². The first-order valence-corrected chi connectivity index (χ1v) is 24.0. The van der Waals surface area contributed by atoms with Gasteiger partial charge in [-0.3, -0.25) is 0 Å². The number of para-hydroxylation sites is 3. The van der Waals surface area contributed by atoms with Crippen molar-refractivity contribution in [3.8, 4) is 61.3 Å². The first-order valence-electron chi connectivity index (χ1n) is 24.0. The van der Waals surface area contributed by atoms with Gasteiger partial charge in [-0.2, -0.15) is 0 Å². The van der Waals surface area contributed by atoms with E-state index in [4.69, 9.17) is 0 Å². The predicted octanol–water partition coefficient (Wildman–Crippen LogP) is 18.4. The van der Waals surface area contributed by atoms with E-state index in [-0.39, 0.29) is 5.41 Å². The molecule has 326 valence electrons. The van der Waals surface area contributed by atoms with E-state index in [2.05, 4.69) is 278 Å². The van der Waals surface area contributed by atoms with Crippen LogP contribution in [-0.2, 0) is 5.41 Å². The molecule has 2 heteroatoms. The van der Waals surface area contributed by atoms with Gasteiger partial charge in [0.05, 0.1) is 16.7 Å². The molecule has 13 rings (SSSR count). The normalized spacial score (nSPS) is 12.6. The van der Waals surface area contributed by atoms with E-state index in [0.717, 1.165) is 17.1 Å². The Labute approximate surface area is 403 Å². The number of benzene rings is 11. The standard InChI is InChI=1S/C67H48N2/c1-67(2)62-25-9-5-19-58(62)61-24-14-23-57(66(61)67)50-37-43-53(44-38-50)68(52-41-35-48(36-42-52)55-22-13-16-47-15-3-4-17-54(47)55)51-39-33-46(34-40-51)45-29-31-49(32-30-45)56-18-6-10-26-63(56)69-64-27-11-7-20-59(64)60-21-8-12-28-65(60)69/h3-44H,1-2H3. The first-order chi connectivity index (χ1) is 34.0. The molecular weight excluding hydrogens is 833 g/mol. The highest BCUT2D eigenvalue weighted by molar-refractivity contribution is 6.10. The molecule has 0 amide bonds. The van der Waals surface area contributed by atoms with Crippen LogP contribution >= 0.6 is 0 Å². The van der Waals surface area contributed by atoms with E-state index >= 15 is 0 Å². The SMILES string of the molecule is CC1(C)c2ccccc2-c2cccc(-c3ccc(N(c4ccc(-c5ccc(-c6ccccc6-n6c7ccccc7c7ccccc76)cc5)cc4)c4ccc(-c5cccc6ccccc56)cc4)cc3)c21. The van der Waals surface area contributed by atoms with Crippen LogP contribution in [0.1, 0.15) is 25.0 Å². The third-order valence-corrected chi connectivity index (χ3v) is 14.6. The van der Waals surface area contributed by atoms with Crippen molar-refractivity contribution in [1.82, 2.24) is 4.57 Å². The van der Waals surface area contributed by atoms with Crippen LogP contribution in [-0.4, -0.2) is 4.57 Å². The van der Waals surface area contributed by atoms with Gasteiger partial charge in [0, 0.05) is 38.8 Å². The van der Waals surface area contributed by atoms with Crippen molar-refractivity contribution >= 4 is 49.6 Å². The summed E-state index contributed by atoms with van der Waals surface area (Å²) >= 11 is 0. The summed E-state index contributed by atoms with van der Waals surface area (Å²) < 4.78 is 2.41. The summed E-state index contributed by atoms with van der Waals surface area (Å²) in [4.78, 5) is 2.38. The Morgan fingerprint density at radius 1 is 0.304 bits per heavy atom. The number of nitrogens with zero attached hydrogens (tertiary/aromatic N) is 2. The summed E-state index contributed by atoms with van der Waals surface area (Å²) in [6, 6.07) is 93.4. The third kappa shape index (κ3) is 6.71. The van der Waals surface area contributed by atoms with Crippen LogP contribution in [0.3, 0.4) is 0 Å². The molecule has 1 aliphatic rings. The van der Waals surface area contributed by atoms with E-state index in [1.807, 2.05) is 0 Å². The first kappa shape index (κ1) is 40.5. The molecule has 0 radical (unpaired) electrons. The fourth-order valence-corrected chi connectivity index (χ4v) is 11.3. The van der Waals surface area contributed by atoms with Gasteiger partial charge in [-0.1, -0.05) is 214 Å². The summed E-state index contributed by atoms with van der Waals surface area (Å²) in [6.07, 6.45) is 0. The topological polar surface area (TPSA) is 8.17 Å². The number of hydrogen-bond donors (Lipinski definition) is 0. The van der Waals surface area contributed by atoms with Gasteiger partial charge in [-0.15, -0.1) is 0 Å². The van der Waals surface area contributed by atoms with Crippen molar-refractivity contribution in [3.05, 3.63) is 266 Å². The molecule has 0 saturated carbocycles. The second-order valence-electron chi connectivity index (χ2n) is 18.9. The quantitative estimate of drug-likeness (QED) is 0.148. The third-order valence-electron chi connectivity index (χ3n) is 14.6. The highest BCUT2D eigenvalue weighted by Crippen LogP contribution is 2.52. The van der Waals surface area contributed by atoms with Gasteiger partial charge in [0.25, 0.3) is 0 Å². The molecule has 0 saturated heterocycles. The summed E-state index contributed by atoms with van der Waals surface area (Å²) in [6.45, 7) is 4.73. The highest BCUT2D eigenvalue weighted by atomic mass is 15.1. The van der Waals surface area contributed by atoms with Gasteiger partial charge in [-0.25, -0.2) is 0 Å². The molecule has 69 heavy (non-hydrogen) atoms. The molecule has 0 spiro atoms. The molecule has 1 aliphatic carbocycles. The number of hydrogen-bond acceptors (Lipinski definition) is 1. The summed E-state index contributed by atoms with van der Waals surface area (Å²) in [7, 11) is 0. The molecule has 2 nitrogen and oxygen atoms in total. The van der Waals surface area contributed by atoms with E-state index < -0.39 is 0 Å². The molecular formula is C67H48N2. The lowest BCUT2D eigenvalue weighted by molar-refractivity contribution is 0.662. The van der Waals surface area contributed by atoms with E-state index in [1.54, 1.807) is 0 Å². The average Bonchev–Trinajstić information content (AvgIpc) is 3.87. The Bertz CT molecular complexity index is 3830. The van der Waals surface area contributed by atoms with E-state index in [9.17, 15) is 0 Å². The van der Waals surface area contributed by atoms with E-state index in [1.165, 1.54) is 105 Å². The molecule has 0 fully saturated rings. The number of aromatic nitrogens is 1. The van der Waals surface area contributed by atoms with Crippen LogP contribution in [0.5, 0.6) is 0 Å². The zero-order valence-electron chi connectivity index (χ0n) is 38.6. The summed E-state index contributed by atoms with van der Waals surface area (Å²) in [5.74, 6) is 0. The highest BCUT2D eigenvalue weighted by Gasteiger charge is 2.37. The fraction of sp³-hybridized carbons (Fsp3) is 0.0448. The Kier molecular flexibility index (Phi) is 9.55. The van der Waals surface area contributed by atoms with Crippen LogP contribution in [0.2, 0.25) is 0 Å². The van der Waals surface area contributed by atoms with Crippen molar-refractivity contribution in [1.29, 1.82) is 0 Å². The minimum absolute atomic E-state index is 0.0981. The largest absolute Gasteiger partial charge is 0.311 e. The molecule has 0 atom stereocenters. The minimum Gasteiger partial charge on any atom is -0.311 e. The van der Waals surface area contributed by atoms with Crippen molar-refractivity contribution < 1.29 is 0 Å². The smallest absolute Gasteiger partial charge is 0.0541 e. The predicted molar refractivity (Wildman–Crippen MR) is 292 cm³/mol. The second-order valence-corrected chi connectivity index (χ2v) is 18.9. The molecule has 12 aromatic rings. The van der Waals surface area contributed by atoms with Gasteiger partial charge in [0.2, 0.25) is 0 Å². The van der Waals surface area contributed by atoms with Crippen LogP contribution in [0.4, 0.5) is 17.1 Å². The van der Waals surface area contributed by atoms with Gasteiger partial charge in [0.1, 0.15) is 0 Å². The van der Waals surface area contributed by atoms with Crippen molar-refractivity contribution in [2.45, 2.75) is 19.3 Å². The number of anilines is 3. The Morgan fingerprint density at radius 3 is 1.36 bits per heavy atom. The maximum absolute atomic E-state index is 2.41. The maximum Gasteiger partial charge on any atom is 0.0541 e. The van der Waals surface area contributed by atoms with Crippen LogP contribution in [0.25, 0.3) is 93.9 Å². The lowest BCUT2D eigenvalue weighted by Crippen LogP contribution is -2.16. The van der Waals surface area contributed by atoms with Gasteiger partial charge in [0.15, 0.2) is 0 Å². The number of rotatable bonds is 8.